The van der Waals surface area contributed by atoms with Gasteiger partial charge in [-0.1, -0.05) is 0 Å². The highest BCUT2D eigenvalue weighted by molar-refractivity contribution is 5.99. The third-order valence-corrected chi connectivity index (χ3v) is 3.66. The Morgan fingerprint density at radius 1 is 1.41 bits per heavy atom. The minimum absolute atomic E-state index is 0.124. The number of aliphatic hydroxyl groups is 1. The van der Waals surface area contributed by atoms with Crippen molar-refractivity contribution in [1.82, 2.24) is 0 Å². The number of hydrogen-bond acceptors (Lipinski definition) is 6. The summed E-state index contributed by atoms with van der Waals surface area (Å²) in [7, 11) is 0. The highest BCUT2D eigenvalue weighted by atomic mass is 16.6. The van der Waals surface area contributed by atoms with E-state index in [0.29, 0.717) is 11.3 Å². The fourth-order valence-electron chi connectivity index (χ4n) is 2.51. The van der Waals surface area contributed by atoms with Crippen molar-refractivity contribution < 1.29 is 29.0 Å². The van der Waals surface area contributed by atoms with E-state index >= 15 is 0 Å². The maximum Gasteiger partial charge on any atom is 0.303 e. The second-order valence-corrected chi connectivity index (χ2v) is 5.59. The number of hydrogen-bond donors (Lipinski definition) is 1. The third kappa shape index (κ3) is 3.17. The van der Waals surface area contributed by atoms with Gasteiger partial charge >= 0.3 is 5.97 Å². The highest BCUT2D eigenvalue weighted by Gasteiger charge is 2.50. The molecular weight excluding hydrogens is 288 g/mol. The van der Waals surface area contributed by atoms with Crippen molar-refractivity contribution in [2.24, 2.45) is 5.92 Å². The average Bonchev–Trinajstić information content (AvgIpc) is 2.41. The zero-order valence-corrected chi connectivity index (χ0v) is 12.7. The summed E-state index contributed by atoms with van der Waals surface area (Å²) in [4.78, 5) is 34.3. The second-order valence-electron chi connectivity index (χ2n) is 5.59. The van der Waals surface area contributed by atoms with Crippen LogP contribution in [-0.2, 0) is 23.9 Å². The molecule has 1 aliphatic heterocycles. The summed E-state index contributed by atoms with van der Waals surface area (Å²) in [5.74, 6) is -1.23. The number of allylic oxidation sites excluding steroid dienone is 3. The van der Waals surface area contributed by atoms with Gasteiger partial charge in [0.1, 0.15) is 11.9 Å². The number of rotatable bonds is 3. The minimum atomic E-state index is -1.79. The summed E-state index contributed by atoms with van der Waals surface area (Å²) < 4.78 is 10.7. The van der Waals surface area contributed by atoms with Crippen LogP contribution in [-0.4, -0.2) is 41.0 Å². The molecule has 0 aromatic carbocycles. The fourth-order valence-corrected chi connectivity index (χ4v) is 2.51. The molecular formula is C16H18O6. The standard InChI is InChI=1S/C16H18O6/c1-9(17)4-5-12-6-11-7-14(19)16(3,20)15(22-10(2)18)13(11)8-21-12/h4-7,13,15,20H,8H2,1-3H3/b5-4+/t13-,15+,16-/m0/s1. The lowest BCUT2D eigenvalue weighted by molar-refractivity contribution is -0.174. The first-order chi connectivity index (χ1) is 10.2. The van der Waals surface area contributed by atoms with Crippen molar-refractivity contribution >= 4 is 17.5 Å². The minimum Gasteiger partial charge on any atom is -0.493 e. The van der Waals surface area contributed by atoms with Gasteiger partial charge in [-0.25, -0.2) is 0 Å². The molecule has 0 aromatic heterocycles. The molecule has 2 aliphatic rings. The van der Waals surface area contributed by atoms with E-state index in [9.17, 15) is 19.5 Å². The molecule has 6 nitrogen and oxygen atoms in total. The molecule has 1 heterocycles. The molecule has 1 aliphatic carbocycles. The number of carbonyl (C=O) groups excluding carboxylic acids is 3. The Bertz CT molecular complexity index is 608. The van der Waals surface area contributed by atoms with Gasteiger partial charge in [-0.15, -0.1) is 0 Å². The van der Waals surface area contributed by atoms with Crippen LogP contribution in [0.15, 0.2) is 35.6 Å². The average molecular weight is 306 g/mol. The van der Waals surface area contributed by atoms with Crippen molar-refractivity contribution in [3.63, 3.8) is 0 Å². The zero-order valence-electron chi connectivity index (χ0n) is 12.7. The number of ketones is 2. The van der Waals surface area contributed by atoms with E-state index in [4.69, 9.17) is 9.47 Å². The topological polar surface area (TPSA) is 89.9 Å². The largest absolute Gasteiger partial charge is 0.493 e. The van der Waals surface area contributed by atoms with Crippen LogP contribution in [0.3, 0.4) is 0 Å². The molecule has 0 radical (unpaired) electrons. The smallest absolute Gasteiger partial charge is 0.303 e. The molecule has 2 rings (SSSR count). The van der Waals surface area contributed by atoms with Gasteiger partial charge in [-0.2, -0.15) is 0 Å². The quantitative estimate of drug-likeness (QED) is 0.614. The van der Waals surface area contributed by atoms with Crippen molar-refractivity contribution in [3.8, 4) is 0 Å². The van der Waals surface area contributed by atoms with Crippen LogP contribution in [0, 0.1) is 5.92 Å². The van der Waals surface area contributed by atoms with Crippen LogP contribution in [0.25, 0.3) is 0 Å². The van der Waals surface area contributed by atoms with Gasteiger partial charge in [0.05, 0.1) is 12.5 Å². The Morgan fingerprint density at radius 2 is 2.09 bits per heavy atom. The third-order valence-electron chi connectivity index (χ3n) is 3.66. The van der Waals surface area contributed by atoms with Crippen LogP contribution in [0.4, 0.5) is 0 Å². The fraction of sp³-hybridized carbons (Fsp3) is 0.438. The number of esters is 1. The lowest BCUT2D eigenvalue weighted by Crippen LogP contribution is -2.56. The summed E-state index contributed by atoms with van der Waals surface area (Å²) in [6.07, 6.45) is 4.80. The van der Waals surface area contributed by atoms with Crippen molar-refractivity contribution in [2.45, 2.75) is 32.5 Å². The molecule has 0 aromatic rings. The molecule has 0 bridgehead atoms. The van der Waals surface area contributed by atoms with Crippen molar-refractivity contribution in [1.29, 1.82) is 0 Å². The zero-order chi connectivity index (χ0) is 16.5. The van der Waals surface area contributed by atoms with Crippen LogP contribution in [0.2, 0.25) is 0 Å². The predicted octanol–water partition coefficient (Wildman–Crippen LogP) is 0.854. The summed E-state index contributed by atoms with van der Waals surface area (Å²) >= 11 is 0. The maximum absolute atomic E-state index is 12.1. The SMILES string of the molecule is CC(=O)/C=C/C1=CC2=CC(=O)[C@](C)(O)[C@H](OC(C)=O)[C@H]2CO1. The van der Waals surface area contributed by atoms with E-state index in [1.807, 2.05) is 0 Å². The second kappa shape index (κ2) is 5.88. The van der Waals surface area contributed by atoms with E-state index in [1.165, 1.54) is 39.0 Å². The molecule has 3 atom stereocenters. The Labute approximate surface area is 128 Å². The van der Waals surface area contributed by atoms with E-state index in [-0.39, 0.29) is 12.4 Å². The van der Waals surface area contributed by atoms with Gasteiger partial charge in [0.2, 0.25) is 0 Å². The van der Waals surface area contributed by atoms with E-state index in [1.54, 1.807) is 6.08 Å². The van der Waals surface area contributed by atoms with Gasteiger partial charge in [0.25, 0.3) is 0 Å². The molecule has 118 valence electrons. The van der Waals surface area contributed by atoms with Crippen molar-refractivity contribution in [2.75, 3.05) is 6.61 Å². The maximum atomic E-state index is 12.1. The van der Waals surface area contributed by atoms with Crippen molar-refractivity contribution in [3.05, 3.63) is 35.6 Å². The molecule has 0 amide bonds. The lowest BCUT2D eigenvalue weighted by atomic mass is 9.75. The molecule has 1 N–H and O–H groups in total. The van der Waals surface area contributed by atoms with Crippen LogP contribution in [0.1, 0.15) is 20.8 Å². The Kier molecular flexibility index (Phi) is 4.32. The molecule has 6 heteroatoms. The summed E-state index contributed by atoms with van der Waals surface area (Å²) in [6.45, 7) is 4.10. The van der Waals surface area contributed by atoms with E-state index < -0.39 is 29.4 Å². The monoisotopic (exact) mass is 306 g/mol. The lowest BCUT2D eigenvalue weighted by Gasteiger charge is -2.41. The Morgan fingerprint density at radius 3 is 2.68 bits per heavy atom. The van der Waals surface area contributed by atoms with Crippen LogP contribution < -0.4 is 0 Å². The molecule has 0 spiro atoms. The normalized spacial score (nSPS) is 31.0. The molecule has 0 saturated heterocycles. The highest BCUT2D eigenvalue weighted by Crippen LogP contribution is 2.37. The van der Waals surface area contributed by atoms with E-state index in [2.05, 4.69) is 0 Å². The van der Waals surface area contributed by atoms with Crippen LogP contribution >= 0.6 is 0 Å². The van der Waals surface area contributed by atoms with Gasteiger partial charge < -0.3 is 14.6 Å². The first-order valence-electron chi connectivity index (χ1n) is 6.90. The molecule has 0 saturated carbocycles. The van der Waals surface area contributed by atoms with Gasteiger partial charge in [-0.3, -0.25) is 14.4 Å². The first kappa shape index (κ1) is 16.2. The van der Waals surface area contributed by atoms with Gasteiger partial charge in [0.15, 0.2) is 17.2 Å². The number of ether oxygens (including phenoxy) is 2. The Hall–Kier alpha value is -2.21. The predicted molar refractivity (Wildman–Crippen MR) is 76.6 cm³/mol. The van der Waals surface area contributed by atoms with E-state index in [0.717, 1.165) is 0 Å². The number of fused-ring (bicyclic) bond motifs is 1. The summed E-state index contributed by atoms with van der Waals surface area (Å²) in [5, 5.41) is 10.3. The van der Waals surface area contributed by atoms with Gasteiger partial charge in [-0.05, 0) is 43.7 Å². The number of carbonyl (C=O) groups is 3. The Balaban J connectivity index is 2.35. The first-order valence-corrected chi connectivity index (χ1v) is 6.90. The summed E-state index contributed by atoms with van der Waals surface area (Å²) in [6, 6.07) is 0. The van der Waals surface area contributed by atoms with Gasteiger partial charge in [0, 0.05) is 6.92 Å². The van der Waals surface area contributed by atoms with Crippen LogP contribution in [0.5, 0.6) is 0 Å². The molecule has 22 heavy (non-hydrogen) atoms. The molecule has 0 fully saturated rings. The molecule has 0 unspecified atom stereocenters. The summed E-state index contributed by atoms with van der Waals surface area (Å²) in [5.41, 5.74) is -1.18.